The number of benzene rings is 2. The molecule has 0 heterocycles. The average molecular weight is 415 g/mol. The molecule has 0 amide bonds. The maximum Gasteiger partial charge on any atom is 0.330 e. The van der Waals surface area contributed by atoms with Crippen LogP contribution in [0, 0.1) is 5.41 Å². The molecule has 0 saturated carbocycles. The van der Waals surface area contributed by atoms with E-state index in [1.54, 1.807) is 42.5 Å². The normalized spacial score (nSPS) is 11.7. The van der Waals surface area contributed by atoms with Crippen molar-refractivity contribution in [2.24, 2.45) is 5.73 Å². The number of amidine groups is 1. The van der Waals surface area contributed by atoms with E-state index in [0.29, 0.717) is 48.1 Å². The highest BCUT2D eigenvalue weighted by Gasteiger charge is 2.22. The molecule has 0 aliphatic rings. The van der Waals surface area contributed by atoms with Crippen LogP contribution in [-0.4, -0.2) is 42.8 Å². The number of nitrogens with two attached hydrogens (primary N) is 1. The van der Waals surface area contributed by atoms with Crippen LogP contribution in [-0.2, 0) is 9.53 Å². The van der Waals surface area contributed by atoms with Gasteiger partial charge in [-0.3, -0.25) is 5.41 Å². The molecule has 0 radical (unpaired) electrons. The molecule has 2 aromatic carbocycles. The summed E-state index contributed by atoms with van der Waals surface area (Å²) >= 11 is 0. The molecule has 2 aromatic rings. The number of aliphatic carboxylic acids is 1. The van der Waals surface area contributed by atoms with E-state index in [1.165, 1.54) is 0 Å². The molecule has 8 nitrogen and oxygen atoms in total. The topological polar surface area (TPSA) is 127 Å². The monoisotopic (exact) mass is 415 g/mol. The quantitative estimate of drug-likeness (QED) is 0.238. The van der Waals surface area contributed by atoms with E-state index in [9.17, 15) is 9.90 Å². The second-order valence-electron chi connectivity index (χ2n) is 6.85. The third kappa shape index (κ3) is 6.97. The zero-order chi connectivity index (χ0) is 22.1. The molecule has 2 rings (SSSR count). The summed E-state index contributed by atoms with van der Waals surface area (Å²) < 4.78 is 16.8. The van der Waals surface area contributed by atoms with Gasteiger partial charge >= 0.3 is 5.97 Å². The van der Waals surface area contributed by atoms with Crippen LogP contribution in [0.25, 0.3) is 0 Å². The van der Waals surface area contributed by atoms with Crippen LogP contribution in [0.15, 0.2) is 42.5 Å². The molecule has 0 aliphatic heterocycles. The summed E-state index contributed by atoms with van der Waals surface area (Å²) in [5.74, 6) is -0.0737. The Balaban J connectivity index is 2.24. The Morgan fingerprint density at radius 3 is 2.27 bits per heavy atom. The SMILES string of the molecule is CCOc1cc(OCCOC(C)C)cc(C(Nc2ccc(C(=N)N)cc2)C(=O)O)c1. The molecule has 0 bridgehead atoms. The lowest BCUT2D eigenvalue weighted by molar-refractivity contribution is -0.138. The van der Waals surface area contributed by atoms with Crippen LogP contribution in [0.5, 0.6) is 11.5 Å². The van der Waals surface area contributed by atoms with E-state index in [-0.39, 0.29) is 11.9 Å². The van der Waals surface area contributed by atoms with Crippen LogP contribution < -0.4 is 20.5 Å². The number of anilines is 1. The molecule has 0 aromatic heterocycles. The van der Waals surface area contributed by atoms with Crippen LogP contribution in [0.3, 0.4) is 0 Å². The summed E-state index contributed by atoms with van der Waals surface area (Å²) in [6, 6.07) is 10.7. The highest BCUT2D eigenvalue weighted by molar-refractivity contribution is 5.95. The predicted molar refractivity (Wildman–Crippen MR) is 116 cm³/mol. The number of nitrogens with one attached hydrogen (secondary N) is 2. The highest BCUT2D eigenvalue weighted by atomic mass is 16.5. The van der Waals surface area contributed by atoms with Crippen molar-refractivity contribution in [1.29, 1.82) is 5.41 Å². The second-order valence-corrected chi connectivity index (χ2v) is 6.85. The van der Waals surface area contributed by atoms with Crippen molar-refractivity contribution in [1.82, 2.24) is 0 Å². The molecular formula is C22H29N3O5. The molecule has 0 fully saturated rings. The van der Waals surface area contributed by atoms with E-state index < -0.39 is 12.0 Å². The maximum absolute atomic E-state index is 12.0. The van der Waals surface area contributed by atoms with Crippen LogP contribution in [0.1, 0.15) is 37.9 Å². The first-order chi connectivity index (χ1) is 14.3. The van der Waals surface area contributed by atoms with Crippen molar-refractivity contribution in [2.75, 3.05) is 25.1 Å². The van der Waals surface area contributed by atoms with Gasteiger partial charge in [0.2, 0.25) is 0 Å². The van der Waals surface area contributed by atoms with E-state index >= 15 is 0 Å². The molecule has 1 unspecified atom stereocenters. The van der Waals surface area contributed by atoms with Gasteiger partial charge in [0.05, 0.1) is 19.3 Å². The van der Waals surface area contributed by atoms with E-state index in [0.717, 1.165) is 0 Å². The Morgan fingerprint density at radius 1 is 1.10 bits per heavy atom. The van der Waals surface area contributed by atoms with Gasteiger partial charge < -0.3 is 30.4 Å². The van der Waals surface area contributed by atoms with Crippen molar-refractivity contribution in [2.45, 2.75) is 32.9 Å². The number of carboxylic acids is 1. The summed E-state index contributed by atoms with van der Waals surface area (Å²) in [6.07, 6.45) is 0.105. The van der Waals surface area contributed by atoms with E-state index in [1.807, 2.05) is 20.8 Å². The van der Waals surface area contributed by atoms with Crippen LogP contribution in [0.4, 0.5) is 5.69 Å². The highest BCUT2D eigenvalue weighted by Crippen LogP contribution is 2.29. The van der Waals surface area contributed by atoms with Crippen LogP contribution in [0.2, 0.25) is 0 Å². The lowest BCUT2D eigenvalue weighted by atomic mass is 10.1. The number of hydrogen-bond acceptors (Lipinski definition) is 6. The lowest BCUT2D eigenvalue weighted by Gasteiger charge is -2.19. The van der Waals surface area contributed by atoms with Gasteiger partial charge in [-0.05, 0) is 62.7 Å². The standard InChI is InChI=1S/C22H29N3O5/c1-4-28-18-11-16(12-19(13-18)30-10-9-29-14(2)3)20(22(26)27)25-17-7-5-15(6-8-17)21(23)24/h5-8,11-14,20,25H,4,9-10H2,1-3H3,(H3,23,24)(H,26,27). The Bertz CT molecular complexity index is 852. The first-order valence-corrected chi connectivity index (χ1v) is 9.76. The van der Waals surface area contributed by atoms with Gasteiger partial charge in [-0.25, -0.2) is 4.79 Å². The summed E-state index contributed by atoms with van der Waals surface area (Å²) in [6.45, 7) is 6.95. The smallest absolute Gasteiger partial charge is 0.330 e. The Kier molecular flexibility index (Phi) is 8.49. The van der Waals surface area contributed by atoms with E-state index in [2.05, 4.69) is 5.32 Å². The summed E-state index contributed by atoms with van der Waals surface area (Å²) in [5.41, 5.74) is 7.10. The van der Waals surface area contributed by atoms with Crippen molar-refractivity contribution in [3.63, 3.8) is 0 Å². The van der Waals surface area contributed by atoms with E-state index in [4.69, 9.17) is 25.4 Å². The molecule has 1 atom stereocenters. The average Bonchev–Trinajstić information content (AvgIpc) is 2.69. The number of ether oxygens (including phenoxy) is 3. The van der Waals surface area contributed by atoms with Gasteiger partial charge in [-0.2, -0.15) is 0 Å². The Hall–Kier alpha value is -3.26. The van der Waals surface area contributed by atoms with Crippen LogP contribution >= 0.6 is 0 Å². The number of rotatable bonds is 12. The van der Waals surface area contributed by atoms with Crippen molar-refractivity contribution in [3.8, 4) is 11.5 Å². The zero-order valence-electron chi connectivity index (χ0n) is 17.5. The van der Waals surface area contributed by atoms with Crippen molar-refractivity contribution < 1.29 is 24.1 Å². The summed E-state index contributed by atoms with van der Waals surface area (Å²) in [7, 11) is 0. The van der Waals surface area contributed by atoms with Crippen molar-refractivity contribution >= 4 is 17.5 Å². The van der Waals surface area contributed by atoms with Crippen molar-refractivity contribution in [3.05, 3.63) is 53.6 Å². The van der Waals surface area contributed by atoms with Gasteiger partial charge in [0, 0.05) is 17.3 Å². The molecule has 8 heteroatoms. The molecule has 5 N–H and O–H groups in total. The predicted octanol–water partition coefficient (Wildman–Crippen LogP) is 3.41. The van der Waals surface area contributed by atoms with Gasteiger partial charge in [0.15, 0.2) is 6.04 Å². The van der Waals surface area contributed by atoms with Gasteiger partial charge in [-0.1, -0.05) is 0 Å². The molecule has 0 aliphatic carbocycles. The fourth-order valence-electron chi connectivity index (χ4n) is 2.74. The minimum Gasteiger partial charge on any atom is -0.494 e. The third-order valence-electron chi connectivity index (χ3n) is 4.10. The van der Waals surface area contributed by atoms with Gasteiger partial charge in [-0.15, -0.1) is 0 Å². The fourth-order valence-corrected chi connectivity index (χ4v) is 2.74. The number of carbonyl (C=O) groups is 1. The zero-order valence-corrected chi connectivity index (χ0v) is 17.5. The molecular weight excluding hydrogens is 386 g/mol. The molecule has 30 heavy (non-hydrogen) atoms. The minimum atomic E-state index is -1.05. The largest absolute Gasteiger partial charge is 0.494 e. The summed E-state index contributed by atoms with van der Waals surface area (Å²) in [4.78, 5) is 12.0. The van der Waals surface area contributed by atoms with Gasteiger partial charge in [0.1, 0.15) is 23.9 Å². The maximum atomic E-state index is 12.0. The Labute approximate surface area is 176 Å². The molecule has 0 saturated heterocycles. The molecule has 0 spiro atoms. The number of hydrogen-bond donors (Lipinski definition) is 4. The first kappa shape index (κ1) is 23.0. The minimum absolute atomic E-state index is 0.0519. The Morgan fingerprint density at radius 2 is 1.73 bits per heavy atom. The number of nitrogen functional groups attached to an aromatic ring is 1. The summed E-state index contributed by atoms with van der Waals surface area (Å²) in [5, 5.41) is 20.2. The molecule has 162 valence electrons. The second kappa shape index (κ2) is 11.1. The lowest BCUT2D eigenvalue weighted by Crippen LogP contribution is -2.21. The van der Waals surface area contributed by atoms with Gasteiger partial charge in [0.25, 0.3) is 0 Å². The third-order valence-corrected chi connectivity index (χ3v) is 4.10. The number of carboxylic acid groups (broad SMARTS) is 1. The fraction of sp³-hybridized carbons (Fsp3) is 0.364. The first-order valence-electron chi connectivity index (χ1n) is 9.76.